The first-order valence-electron chi connectivity index (χ1n) is 5.46. The Kier molecular flexibility index (Phi) is 5.28. The van der Waals surface area contributed by atoms with Crippen molar-refractivity contribution < 1.29 is 9.84 Å². The molecule has 88 valence electrons. The first-order chi connectivity index (χ1) is 7.19. The molecule has 1 saturated heterocycles. The second-order valence-electron chi connectivity index (χ2n) is 3.87. The molecule has 0 radical (unpaired) electrons. The lowest BCUT2D eigenvalue weighted by atomic mass is 10.2. The molecule has 1 fully saturated rings. The minimum Gasteiger partial charge on any atom is -0.394 e. The Hall–Kier alpha value is -0.390. The molecule has 5 heteroatoms. The monoisotopic (exact) mass is 232 g/mol. The fraction of sp³-hybridized carbons (Fsp3) is 0.900. The molecule has 0 spiro atoms. The van der Waals surface area contributed by atoms with Crippen LogP contribution < -0.4 is 5.32 Å². The van der Waals surface area contributed by atoms with Crippen molar-refractivity contribution in [3.8, 4) is 0 Å². The predicted octanol–water partition coefficient (Wildman–Crippen LogP) is 0.353. The molecule has 0 aromatic heterocycles. The summed E-state index contributed by atoms with van der Waals surface area (Å²) in [5, 5.41) is 13.0. The van der Waals surface area contributed by atoms with E-state index in [2.05, 4.69) is 24.1 Å². The van der Waals surface area contributed by atoms with Crippen molar-refractivity contribution in [2.24, 2.45) is 0 Å². The summed E-state index contributed by atoms with van der Waals surface area (Å²) in [7, 11) is 0. The van der Waals surface area contributed by atoms with Crippen molar-refractivity contribution in [1.82, 2.24) is 10.2 Å². The molecule has 0 amide bonds. The number of morpholine rings is 1. The Labute approximate surface area is 96.6 Å². The zero-order chi connectivity index (χ0) is 11.3. The van der Waals surface area contributed by atoms with E-state index >= 15 is 0 Å². The van der Waals surface area contributed by atoms with Crippen LogP contribution in [0.2, 0.25) is 0 Å². The number of aliphatic hydroxyl groups is 1. The highest BCUT2D eigenvalue weighted by molar-refractivity contribution is 7.80. The molecular weight excluding hydrogens is 212 g/mol. The SMILES string of the molecule is CCCNC(=S)N1CC(CO)OCC1C. The highest BCUT2D eigenvalue weighted by Gasteiger charge is 2.26. The van der Waals surface area contributed by atoms with Crippen molar-refractivity contribution in [1.29, 1.82) is 0 Å². The molecule has 2 N–H and O–H groups in total. The molecule has 2 atom stereocenters. The first kappa shape index (κ1) is 12.7. The van der Waals surface area contributed by atoms with Crippen molar-refractivity contribution in [2.75, 3.05) is 26.3 Å². The van der Waals surface area contributed by atoms with Gasteiger partial charge in [0.15, 0.2) is 5.11 Å². The van der Waals surface area contributed by atoms with Gasteiger partial charge in [-0.25, -0.2) is 0 Å². The van der Waals surface area contributed by atoms with Crippen molar-refractivity contribution in [2.45, 2.75) is 32.4 Å². The molecule has 4 nitrogen and oxygen atoms in total. The number of rotatable bonds is 3. The smallest absolute Gasteiger partial charge is 0.169 e. The van der Waals surface area contributed by atoms with Gasteiger partial charge in [0.2, 0.25) is 0 Å². The van der Waals surface area contributed by atoms with E-state index in [0.29, 0.717) is 13.2 Å². The summed E-state index contributed by atoms with van der Waals surface area (Å²) in [5.74, 6) is 0. The lowest BCUT2D eigenvalue weighted by Gasteiger charge is -2.39. The number of aliphatic hydroxyl groups excluding tert-OH is 1. The van der Waals surface area contributed by atoms with Crippen LogP contribution in [0.4, 0.5) is 0 Å². The van der Waals surface area contributed by atoms with Gasteiger partial charge in [0.25, 0.3) is 0 Å². The number of hydrogen-bond donors (Lipinski definition) is 2. The predicted molar refractivity (Wildman–Crippen MR) is 63.9 cm³/mol. The van der Waals surface area contributed by atoms with Crippen LogP contribution in [0.15, 0.2) is 0 Å². The van der Waals surface area contributed by atoms with Crippen molar-refractivity contribution >= 4 is 17.3 Å². The summed E-state index contributed by atoms with van der Waals surface area (Å²) < 4.78 is 5.45. The van der Waals surface area contributed by atoms with Gasteiger partial charge in [-0.1, -0.05) is 6.92 Å². The van der Waals surface area contributed by atoms with Gasteiger partial charge >= 0.3 is 0 Å². The molecule has 1 heterocycles. The van der Waals surface area contributed by atoms with Crippen LogP contribution in [0.5, 0.6) is 0 Å². The topological polar surface area (TPSA) is 44.7 Å². The lowest BCUT2D eigenvalue weighted by molar-refractivity contribution is -0.0561. The molecule has 0 saturated carbocycles. The average molecular weight is 232 g/mol. The van der Waals surface area contributed by atoms with Gasteiger partial charge in [-0.3, -0.25) is 0 Å². The fourth-order valence-electron chi connectivity index (χ4n) is 1.54. The first-order valence-corrected chi connectivity index (χ1v) is 5.86. The number of nitrogens with zero attached hydrogens (tertiary/aromatic N) is 1. The van der Waals surface area contributed by atoms with Gasteiger partial charge in [-0.2, -0.15) is 0 Å². The number of hydrogen-bond acceptors (Lipinski definition) is 3. The minimum absolute atomic E-state index is 0.0552. The maximum atomic E-state index is 9.04. The molecular formula is C10H20N2O2S. The highest BCUT2D eigenvalue weighted by atomic mass is 32.1. The molecule has 0 aliphatic carbocycles. The normalized spacial score (nSPS) is 26.5. The third-order valence-corrected chi connectivity index (χ3v) is 2.88. The van der Waals surface area contributed by atoms with E-state index in [-0.39, 0.29) is 18.8 Å². The van der Waals surface area contributed by atoms with Crippen LogP contribution in [0.25, 0.3) is 0 Å². The zero-order valence-corrected chi connectivity index (χ0v) is 10.2. The van der Waals surface area contributed by atoms with Gasteiger partial charge in [0.1, 0.15) is 0 Å². The van der Waals surface area contributed by atoms with Gasteiger partial charge < -0.3 is 20.1 Å². The molecule has 1 aliphatic heterocycles. The van der Waals surface area contributed by atoms with Crippen LogP contribution in [-0.4, -0.2) is 53.6 Å². The van der Waals surface area contributed by atoms with Gasteiger partial charge in [-0.05, 0) is 25.6 Å². The van der Waals surface area contributed by atoms with Crippen LogP contribution in [0, 0.1) is 0 Å². The van der Waals surface area contributed by atoms with Crippen LogP contribution >= 0.6 is 12.2 Å². The molecule has 0 bridgehead atoms. The summed E-state index contributed by atoms with van der Waals surface area (Å²) in [4.78, 5) is 2.09. The third kappa shape index (κ3) is 3.59. The number of thiocarbonyl (C=S) groups is 1. The highest BCUT2D eigenvalue weighted by Crippen LogP contribution is 2.11. The van der Waals surface area contributed by atoms with E-state index in [1.807, 2.05) is 0 Å². The van der Waals surface area contributed by atoms with Crippen molar-refractivity contribution in [3.63, 3.8) is 0 Å². The van der Waals surface area contributed by atoms with Gasteiger partial charge in [-0.15, -0.1) is 0 Å². The summed E-state index contributed by atoms with van der Waals surface area (Å²) in [6.07, 6.45) is 0.949. The van der Waals surface area contributed by atoms with E-state index < -0.39 is 0 Å². The summed E-state index contributed by atoms with van der Waals surface area (Å²) >= 11 is 5.29. The molecule has 15 heavy (non-hydrogen) atoms. The Balaban J connectivity index is 2.46. The summed E-state index contributed by atoms with van der Waals surface area (Å²) in [5.41, 5.74) is 0. The number of nitrogens with one attached hydrogen (secondary N) is 1. The molecule has 1 aliphatic rings. The standard InChI is InChI=1S/C10H20N2O2S/c1-3-4-11-10(15)12-5-9(6-13)14-7-8(12)2/h8-9,13H,3-7H2,1-2H3,(H,11,15). The Morgan fingerprint density at radius 2 is 2.40 bits per heavy atom. The Morgan fingerprint density at radius 3 is 3.00 bits per heavy atom. The summed E-state index contributed by atoms with van der Waals surface area (Å²) in [6.45, 7) is 6.43. The third-order valence-electron chi connectivity index (χ3n) is 2.50. The second kappa shape index (κ2) is 6.25. The number of ether oxygens (including phenoxy) is 1. The fourth-order valence-corrected chi connectivity index (χ4v) is 1.90. The van der Waals surface area contributed by atoms with Crippen LogP contribution in [-0.2, 0) is 4.74 Å². The van der Waals surface area contributed by atoms with Crippen molar-refractivity contribution in [3.05, 3.63) is 0 Å². The van der Waals surface area contributed by atoms with E-state index in [1.165, 1.54) is 0 Å². The van der Waals surface area contributed by atoms with E-state index in [9.17, 15) is 0 Å². The average Bonchev–Trinajstić information content (AvgIpc) is 2.26. The summed E-state index contributed by atoms with van der Waals surface area (Å²) in [6, 6.07) is 0.282. The largest absolute Gasteiger partial charge is 0.394 e. The van der Waals surface area contributed by atoms with Crippen LogP contribution in [0.3, 0.4) is 0 Å². The molecule has 0 aromatic rings. The maximum absolute atomic E-state index is 9.04. The molecule has 2 unspecified atom stereocenters. The molecule has 0 aromatic carbocycles. The quantitative estimate of drug-likeness (QED) is 0.688. The van der Waals surface area contributed by atoms with E-state index in [0.717, 1.165) is 18.1 Å². The van der Waals surface area contributed by atoms with Gasteiger partial charge in [0, 0.05) is 13.1 Å². The lowest BCUT2D eigenvalue weighted by Crippen LogP contribution is -2.55. The zero-order valence-electron chi connectivity index (χ0n) is 9.40. The van der Waals surface area contributed by atoms with E-state index in [4.69, 9.17) is 22.1 Å². The maximum Gasteiger partial charge on any atom is 0.169 e. The molecule has 1 rings (SSSR count). The Morgan fingerprint density at radius 1 is 1.67 bits per heavy atom. The Bertz CT molecular complexity index is 214. The van der Waals surface area contributed by atoms with Crippen LogP contribution in [0.1, 0.15) is 20.3 Å². The second-order valence-corrected chi connectivity index (χ2v) is 4.26. The van der Waals surface area contributed by atoms with E-state index in [1.54, 1.807) is 0 Å². The minimum atomic E-state index is -0.109. The van der Waals surface area contributed by atoms with Gasteiger partial charge in [0.05, 0.1) is 25.4 Å².